The van der Waals surface area contributed by atoms with Gasteiger partial charge in [-0.25, -0.2) is 13.4 Å². The molecule has 1 heterocycles. The Bertz CT molecular complexity index is 1070. The van der Waals surface area contributed by atoms with Crippen LogP contribution in [0.1, 0.15) is 15.9 Å². The van der Waals surface area contributed by atoms with E-state index in [2.05, 4.69) is 15.0 Å². The summed E-state index contributed by atoms with van der Waals surface area (Å²) in [6, 6.07) is 10.9. The number of thiazole rings is 1. The third kappa shape index (κ3) is 4.80. The van der Waals surface area contributed by atoms with Crippen molar-refractivity contribution in [1.29, 1.82) is 0 Å². The number of aromatic nitrogens is 1. The van der Waals surface area contributed by atoms with E-state index in [1.165, 1.54) is 48.9 Å². The highest BCUT2D eigenvalue weighted by Gasteiger charge is 2.16. The van der Waals surface area contributed by atoms with Gasteiger partial charge >= 0.3 is 0 Å². The Morgan fingerprint density at radius 1 is 1.21 bits per heavy atom. The van der Waals surface area contributed by atoms with Gasteiger partial charge in [-0.1, -0.05) is 17.7 Å². The van der Waals surface area contributed by atoms with Gasteiger partial charge in [0.15, 0.2) is 5.13 Å². The molecule has 2 N–H and O–H groups in total. The zero-order valence-corrected chi connectivity index (χ0v) is 17.1. The van der Waals surface area contributed by atoms with Crippen LogP contribution in [-0.4, -0.2) is 26.4 Å². The maximum absolute atomic E-state index is 12.3. The molecule has 0 bridgehead atoms. The van der Waals surface area contributed by atoms with Gasteiger partial charge in [-0.2, -0.15) is 0 Å². The first-order valence-electron chi connectivity index (χ1n) is 8.02. The monoisotopic (exact) mass is 437 g/mol. The van der Waals surface area contributed by atoms with Crippen molar-refractivity contribution < 1.29 is 17.9 Å². The first-order chi connectivity index (χ1) is 13.4. The van der Waals surface area contributed by atoms with E-state index in [9.17, 15) is 13.2 Å². The second kappa shape index (κ2) is 8.59. The number of hydrogen-bond donors (Lipinski definition) is 2. The van der Waals surface area contributed by atoms with E-state index >= 15 is 0 Å². The number of sulfonamides is 1. The highest BCUT2D eigenvalue weighted by molar-refractivity contribution is 7.93. The second-order valence-electron chi connectivity index (χ2n) is 5.62. The third-order valence-corrected chi connectivity index (χ3v) is 6.22. The van der Waals surface area contributed by atoms with E-state index in [-0.39, 0.29) is 22.5 Å². The lowest BCUT2D eigenvalue weighted by atomic mass is 10.2. The topological polar surface area (TPSA) is 97.4 Å². The molecular formula is C18H16ClN3O4S2. The van der Waals surface area contributed by atoms with Crippen molar-refractivity contribution in [3.63, 3.8) is 0 Å². The molecule has 0 fully saturated rings. The van der Waals surface area contributed by atoms with Crippen molar-refractivity contribution in [3.8, 4) is 5.75 Å². The minimum Gasteiger partial charge on any atom is -0.495 e. The molecule has 3 aromatic rings. The van der Waals surface area contributed by atoms with Gasteiger partial charge in [0.1, 0.15) is 5.75 Å². The van der Waals surface area contributed by atoms with Crippen LogP contribution < -0.4 is 14.8 Å². The molecule has 28 heavy (non-hydrogen) atoms. The van der Waals surface area contributed by atoms with Gasteiger partial charge < -0.3 is 10.1 Å². The molecule has 0 atom stereocenters. The van der Waals surface area contributed by atoms with Crippen LogP contribution in [0.3, 0.4) is 0 Å². The van der Waals surface area contributed by atoms with Gasteiger partial charge in [-0.15, -0.1) is 11.3 Å². The summed E-state index contributed by atoms with van der Waals surface area (Å²) in [4.78, 5) is 16.2. The van der Waals surface area contributed by atoms with E-state index in [1.807, 2.05) is 0 Å². The van der Waals surface area contributed by atoms with Gasteiger partial charge in [-0.3, -0.25) is 9.52 Å². The number of nitrogens with zero attached hydrogens (tertiary/aromatic N) is 1. The Labute approximate surface area is 171 Å². The molecule has 2 aromatic carbocycles. The molecule has 0 aliphatic heterocycles. The van der Waals surface area contributed by atoms with Crippen molar-refractivity contribution >= 4 is 44.0 Å². The van der Waals surface area contributed by atoms with Gasteiger partial charge in [-0.05, 0) is 42.0 Å². The molecule has 0 radical (unpaired) electrons. The van der Waals surface area contributed by atoms with Crippen LogP contribution in [0.15, 0.2) is 58.9 Å². The van der Waals surface area contributed by atoms with Crippen molar-refractivity contribution in [2.75, 3.05) is 11.8 Å². The number of halogens is 1. The van der Waals surface area contributed by atoms with Crippen LogP contribution in [0.5, 0.6) is 5.75 Å². The average Bonchev–Trinajstić information content (AvgIpc) is 3.18. The Balaban J connectivity index is 1.64. The summed E-state index contributed by atoms with van der Waals surface area (Å²) in [7, 11) is -2.23. The number of hydrogen-bond acceptors (Lipinski definition) is 6. The molecular weight excluding hydrogens is 422 g/mol. The van der Waals surface area contributed by atoms with Gasteiger partial charge in [0.2, 0.25) is 0 Å². The van der Waals surface area contributed by atoms with E-state index in [4.69, 9.17) is 16.3 Å². The molecule has 146 valence electrons. The number of benzene rings is 2. The summed E-state index contributed by atoms with van der Waals surface area (Å²) in [6.45, 7) is 0.272. The van der Waals surface area contributed by atoms with Crippen LogP contribution in [0, 0.1) is 0 Å². The number of ether oxygens (including phenoxy) is 1. The fraction of sp³-hybridized carbons (Fsp3) is 0.111. The number of anilines is 1. The minimum absolute atomic E-state index is 0.0428. The Morgan fingerprint density at radius 3 is 2.57 bits per heavy atom. The number of amides is 1. The molecule has 0 saturated heterocycles. The van der Waals surface area contributed by atoms with Crippen LogP contribution >= 0.6 is 22.9 Å². The van der Waals surface area contributed by atoms with Crippen LogP contribution in [0.25, 0.3) is 0 Å². The van der Waals surface area contributed by atoms with Crippen molar-refractivity contribution in [1.82, 2.24) is 10.3 Å². The number of rotatable bonds is 7. The number of carbonyl (C=O) groups excluding carboxylic acids is 1. The predicted molar refractivity (Wildman–Crippen MR) is 109 cm³/mol. The van der Waals surface area contributed by atoms with E-state index in [1.54, 1.807) is 23.6 Å². The average molecular weight is 438 g/mol. The summed E-state index contributed by atoms with van der Waals surface area (Å²) < 4.78 is 32.1. The quantitative estimate of drug-likeness (QED) is 0.589. The standard InChI is InChI=1S/C18H16ClN3O4S2/c1-26-16-7-2-12(10-15(16)19)11-21-17(23)13-3-5-14(6-4-13)28(24,25)22-18-20-8-9-27-18/h2-10H,11H2,1H3,(H,20,22)(H,21,23). The minimum atomic E-state index is -3.75. The lowest BCUT2D eigenvalue weighted by Crippen LogP contribution is -2.23. The highest BCUT2D eigenvalue weighted by atomic mass is 35.5. The summed E-state index contributed by atoms with van der Waals surface area (Å²) in [5.74, 6) is 0.226. The lowest BCUT2D eigenvalue weighted by Gasteiger charge is -2.09. The van der Waals surface area contributed by atoms with Crippen molar-refractivity contribution in [2.45, 2.75) is 11.4 Å². The summed E-state index contributed by atoms with van der Waals surface area (Å²) in [5.41, 5.74) is 1.15. The zero-order valence-electron chi connectivity index (χ0n) is 14.7. The van der Waals surface area contributed by atoms with Crippen molar-refractivity contribution in [3.05, 3.63) is 70.2 Å². The summed E-state index contributed by atoms with van der Waals surface area (Å²) >= 11 is 7.25. The van der Waals surface area contributed by atoms with E-state index in [0.29, 0.717) is 16.3 Å². The van der Waals surface area contributed by atoms with Crippen LogP contribution in [0.4, 0.5) is 5.13 Å². The highest BCUT2D eigenvalue weighted by Crippen LogP contribution is 2.25. The normalized spacial score (nSPS) is 11.1. The SMILES string of the molecule is COc1ccc(CNC(=O)c2ccc(S(=O)(=O)Nc3nccs3)cc2)cc1Cl. The maximum atomic E-state index is 12.3. The predicted octanol–water partition coefficient (Wildman–Crippen LogP) is 3.54. The maximum Gasteiger partial charge on any atom is 0.263 e. The number of methoxy groups -OCH3 is 1. The van der Waals surface area contributed by atoms with Gasteiger partial charge in [0.25, 0.3) is 15.9 Å². The molecule has 10 heteroatoms. The van der Waals surface area contributed by atoms with Gasteiger partial charge in [0.05, 0.1) is 17.0 Å². The van der Waals surface area contributed by atoms with Crippen LogP contribution in [-0.2, 0) is 16.6 Å². The molecule has 3 rings (SSSR count). The fourth-order valence-corrected chi connectivity index (χ4v) is 4.41. The molecule has 1 aromatic heterocycles. The van der Waals surface area contributed by atoms with Gasteiger partial charge in [0, 0.05) is 23.7 Å². The third-order valence-electron chi connectivity index (χ3n) is 3.75. The summed E-state index contributed by atoms with van der Waals surface area (Å²) in [6.07, 6.45) is 1.51. The number of nitrogens with one attached hydrogen (secondary N) is 2. The molecule has 0 aliphatic rings. The lowest BCUT2D eigenvalue weighted by molar-refractivity contribution is 0.0951. The Hall–Kier alpha value is -2.62. The molecule has 0 aliphatic carbocycles. The molecule has 0 saturated carbocycles. The zero-order chi connectivity index (χ0) is 20.1. The molecule has 7 nitrogen and oxygen atoms in total. The molecule has 1 amide bonds. The molecule has 0 spiro atoms. The Morgan fingerprint density at radius 2 is 1.96 bits per heavy atom. The first kappa shape index (κ1) is 20.1. The fourth-order valence-electron chi connectivity index (χ4n) is 2.34. The van der Waals surface area contributed by atoms with Crippen molar-refractivity contribution in [2.24, 2.45) is 0 Å². The van der Waals surface area contributed by atoms with E-state index in [0.717, 1.165) is 5.56 Å². The second-order valence-corrected chi connectivity index (χ2v) is 8.60. The Kier molecular flexibility index (Phi) is 6.18. The van der Waals surface area contributed by atoms with Crippen LogP contribution in [0.2, 0.25) is 5.02 Å². The van der Waals surface area contributed by atoms with E-state index < -0.39 is 10.0 Å². The number of carbonyl (C=O) groups is 1. The molecule has 0 unspecified atom stereocenters. The smallest absolute Gasteiger partial charge is 0.263 e. The first-order valence-corrected chi connectivity index (χ1v) is 10.8. The summed E-state index contributed by atoms with van der Waals surface area (Å²) in [5, 5.41) is 5.16. The largest absolute Gasteiger partial charge is 0.495 e.